The van der Waals surface area contributed by atoms with Gasteiger partial charge in [0.1, 0.15) is 0 Å². The third-order valence-corrected chi connectivity index (χ3v) is 2.92. The van der Waals surface area contributed by atoms with Crippen molar-refractivity contribution in [2.75, 3.05) is 5.32 Å². The highest BCUT2D eigenvalue weighted by Gasteiger charge is 2.09. The number of anilines is 1. The summed E-state index contributed by atoms with van der Waals surface area (Å²) in [7, 11) is 0. The molecule has 0 spiro atoms. The average molecular weight is 321 g/mol. The van der Waals surface area contributed by atoms with Crippen LogP contribution in [-0.2, 0) is 0 Å². The Morgan fingerprint density at radius 1 is 1.16 bits per heavy atom. The summed E-state index contributed by atoms with van der Waals surface area (Å²) in [4.78, 5) is 21.9. The third kappa shape index (κ3) is 3.38. The van der Waals surface area contributed by atoms with Crippen LogP contribution in [-0.4, -0.2) is 10.8 Å². The first-order valence-electron chi connectivity index (χ1n) is 5.37. The second kappa shape index (κ2) is 5.62. The minimum absolute atomic E-state index is 0.0426. The summed E-state index contributed by atoms with van der Waals surface area (Å²) in [6.07, 6.45) is 0. The number of halogens is 1. The number of nitro groups is 1. The number of carbonyl (C=O) groups is 1. The van der Waals surface area contributed by atoms with Crippen LogP contribution in [0.2, 0.25) is 0 Å². The smallest absolute Gasteiger partial charge is 0.269 e. The molecular formula is C13H9BrN2O3. The molecule has 2 rings (SSSR count). The summed E-state index contributed by atoms with van der Waals surface area (Å²) in [5.74, 6) is -0.312. The van der Waals surface area contributed by atoms with Crippen molar-refractivity contribution in [2.24, 2.45) is 0 Å². The lowest BCUT2D eigenvalue weighted by atomic mass is 10.2. The van der Waals surface area contributed by atoms with E-state index >= 15 is 0 Å². The SMILES string of the molecule is O=C(Nc1cccc(Br)c1)c1ccc([N+](=O)[O-])cc1. The molecule has 0 aliphatic heterocycles. The Kier molecular flexibility index (Phi) is 3.91. The van der Waals surface area contributed by atoms with E-state index in [2.05, 4.69) is 21.2 Å². The van der Waals surface area contributed by atoms with Gasteiger partial charge in [-0.2, -0.15) is 0 Å². The van der Waals surface area contributed by atoms with Gasteiger partial charge in [0.05, 0.1) is 4.92 Å². The zero-order chi connectivity index (χ0) is 13.8. The fourth-order valence-corrected chi connectivity index (χ4v) is 1.90. The van der Waals surface area contributed by atoms with Gasteiger partial charge in [-0.1, -0.05) is 22.0 Å². The second-order valence-electron chi connectivity index (χ2n) is 3.77. The van der Waals surface area contributed by atoms with Gasteiger partial charge in [0.25, 0.3) is 11.6 Å². The molecule has 1 amide bonds. The minimum atomic E-state index is -0.504. The van der Waals surface area contributed by atoms with Crippen LogP contribution < -0.4 is 5.32 Å². The predicted octanol–water partition coefficient (Wildman–Crippen LogP) is 3.61. The average Bonchev–Trinajstić information content (AvgIpc) is 2.39. The van der Waals surface area contributed by atoms with Gasteiger partial charge in [-0.3, -0.25) is 14.9 Å². The molecule has 0 atom stereocenters. The lowest BCUT2D eigenvalue weighted by Gasteiger charge is -2.05. The highest BCUT2D eigenvalue weighted by atomic mass is 79.9. The molecule has 2 aromatic rings. The van der Waals surface area contributed by atoms with E-state index in [1.807, 2.05) is 6.07 Å². The molecule has 0 aromatic heterocycles. The molecule has 6 heteroatoms. The normalized spacial score (nSPS) is 9.95. The van der Waals surface area contributed by atoms with Crippen LogP contribution in [0.3, 0.4) is 0 Å². The van der Waals surface area contributed by atoms with Crippen LogP contribution in [0.15, 0.2) is 53.0 Å². The molecule has 19 heavy (non-hydrogen) atoms. The molecule has 0 aliphatic rings. The summed E-state index contributed by atoms with van der Waals surface area (Å²) < 4.78 is 0.856. The number of amides is 1. The number of nitro benzene ring substituents is 1. The lowest BCUT2D eigenvalue weighted by Crippen LogP contribution is -2.11. The number of carbonyl (C=O) groups excluding carboxylic acids is 1. The number of nitrogens with zero attached hydrogens (tertiary/aromatic N) is 1. The van der Waals surface area contributed by atoms with Gasteiger partial charge < -0.3 is 5.32 Å². The van der Waals surface area contributed by atoms with E-state index in [9.17, 15) is 14.9 Å². The molecule has 0 heterocycles. The second-order valence-corrected chi connectivity index (χ2v) is 4.68. The Hall–Kier alpha value is -2.21. The van der Waals surface area contributed by atoms with Crippen molar-refractivity contribution in [2.45, 2.75) is 0 Å². The quantitative estimate of drug-likeness (QED) is 0.693. The van der Waals surface area contributed by atoms with Crippen LogP contribution in [0, 0.1) is 10.1 Å². The molecule has 1 N–H and O–H groups in total. The number of nitrogens with one attached hydrogen (secondary N) is 1. The molecular weight excluding hydrogens is 312 g/mol. The molecule has 0 bridgehead atoms. The Morgan fingerprint density at radius 3 is 2.42 bits per heavy atom. The van der Waals surface area contributed by atoms with Crippen molar-refractivity contribution in [3.05, 3.63) is 68.7 Å². The van der Waals surface area contributed by atoms with Crippen molar-refractivity contribution < 1.29 is 9.72 Å². The van der Waals surface area contributed by atoms with Crippen molar-refractivity contribution in [3.63, 3.8) is 0 Å². The zero-order valence-electron chi connectivity index (χ0n) is 9.67. The fraction of sp³-hybridized carbons (Fsp3) is 0. The third-order valence-electron chi connectivity index (χ3n) is 2.42. The summed E-state index contributed by atoms with van der Waals surface area (Å²) in [5.41, 5.74) is 0.974. The molecule has 0 saturated carbocycles. The van der Waals surface area contributed by atoms with Gasteiger partial charge in [-0.05, 0) is 30.3 Å². The van der Waals surface area contributed by atoms with Crippen LogP contribution in [0.4, 0.5) is 11.4 Å². The Morgan fingerprint density at radius 2 is 1.84 bits per heavy atom. The van der Waals surface area contributed by atoms with E-state index in [0.717, 1.165) is 4.47 Å². The number of non-ortho nitro benzene ring substituents is 1. The van der Waals surface area contributed by atoms with Gasteiger partial charge in [0.2, 0.25) is 0 Å². The van der Waals surface area contributed by atoms with Crippen LogP contribution in [0.1, 0.15) is 10.4 Å². The van der Waals surface area contributed by atoms with Gasteiger partial charge in [0.15, 0.2) is 0 Å². The fourth-order valence-electron chi connectivity index (χ4n) is 1.50. The van der Waals surface area contributed by atoms with Crippen molar-refractivity contribution in [1.82, 2.24) is 0 Å². The molecule has 0 unspecified atom stereocenters. The number of hydrogen-bond acceptors (Lipinski definition) is 3. The molecule has 5 nitrogen and oxygen atoms in total. The predicted molar refractivity (Wildman–Crippen MR) is 75.2 cm³/mol. The maximum Gasteiger partial charge on any atom is 0.269 e. The largest absolute Gasteiger partial charge is 0.322 e. The van der Waals surface area contributed by atoms with Crippen LogP contribution >= 0.6 is 15.9 Å². The standard InChI is InChI=1S/C13H9BrN2O3/c14-10-2-1-3-11(8-10)15-13(17)9-4-6-12(7-5-9)16(18)19/h1-8H,(H,15,17). The summed E-state index contributed by atoms with van der Waals surface area (Å²) in [6.45, 7) is 0. The first-order valence-corrected chi connectivity index (χ1v) is 6.17. The van der Waals surface area contributed by atoms with Crippen molar-refractivity contribution >= 4 is 33.2 Å². The number of rotatable bonds is 3. The van der Waals surface area contributed by atoms with E-state index in [1.54, 1.807) is 18.2 Å². The monoisotopic (exact) mass is 320 g/mol. The lowest BCUT2D eigenvalue weighted by molar-refractivity contribution is -0.384. The summed E-state index contributed by atoms with van der Waals surface area (Å²) in [6, 6.07) is 12.6. The van der Waals surface area contributed by atoms with E-state index in [4.69, 9.17) is 0 Å². The maximum absolute atomic E-state index is 11.9. The van der Waals surface area contributed by atoms with Crippen LogP contribution in [0.25, 0.3) is 0 Å². The molecule has 0 fully saturated rings. The minimum Gasteiger partial charge on any atom is -0.322 e. The van der Waals surface area contributed by atoms with Gasteiger partial charge >= 0.3 is 0 Å². The highest BCUT2D eigenvalue weighted by Crippen LogP contribution is 2.17. The van der Waals surface area contributed by atoms with E-state index in [0.29, 0.717) is 11.3 Å². The number of benzene rings is 2. The maximum atomic E-state index is 11.9. The topological polar surface area (TPSA) is 72.2 Å². The Bertz CT molecular complexity index is 626. The van der Waals surface area contributed by atoms with Gasteiger partial charge in [-0.15, -0.1) is 0 Å². The van der Waals surface area contributed by atoms with E-state index in [1.165, 1.54) is 24.3 Å². The first kappa shape index (κ1) is 13.2. The van der Waals surface area contributed by atoms with Gasteiger partial charge in [-0.25, -0.2) is 0 Å². The Labute approximate surface area is 117 Å². The van der Waals surface area contributed by atoms with Crippen molar-refractivity contribution in [3.8, 4) is 0 Å². The summed E-state index contributed by atoms with van der Waals surface area (Å²) in [5, 5.41) is 13.2. The molecule has 96 valence electrons. The molecule has 0 radical (unpaired) electrons. The molecule has 0 aliphatic carbocycles. The summed E-state index contributed by atoms with van der Waals surface area (Å²) >= 11 is 3.31. The van der Waals surface area contributed by atoms with E-state index < -0.39 is 4.92 Å². The van der Waals surface area contributed by atoms with E-state index in [-0.39, 0.29) is 11.6 Å². The van der Waals surface area contributed by atoms with Crippen molar-refractivity contribution in [1.29, 1.82) is 0 Å². The van der Waals surface area contributed by atoms with Crippen LogP contribution in [0.5, 0.6) is 0 Å². The Balaban J connectivity index is 2.14. The number of hydrogen-bond donors (Lipinski definition) is 1. The molecule has 2 aromatic carbocycles. The highest BCUT2D eigenvalue weighted by molar-refractivity contribution is 9.10. The van der Waals surface area contributed by atoms with Gasteiger partial charge in [0, 0.05) is 27.9 Å². The molecule has 0 saturated heterocycles. The first-order chi connectivity index (χ1) is 9.06. The zero-order valence-corrected chi connectivity index (χ0v) is 11.3.